The number of carbonyl (C=O) groups is 1. The van der Waals surface area contributed by atoms with Gasteiger partial charge in [-0.3, -0.25) is 0 Å². The number of hydrogen-bond donors (Lipinski definition) is 1. The van der Waals surface area contributed by atoms with Gasteiger partial charge in [-0.05, 0) is 18.4 Å². The second-order valence-electron chi connectivity index (χ2n) is 4.97. The smallest absolute Gasteiger partial charge is 0.347 e. The van der Waals surface area contributed by atoms with Crippen LogP contribution in [0.5, 0.6) is 0 Å². The SMILES string of the molecule is CCOC(c1ccccc1)c1nc(C(C)C)c(C(=O)O)s1. The lowest BCUT2D eigenvalue weighted by Gasteiger charge is -2.14. The van der Waals surface area contributed by atoms with Crippen molar-refractivity contribution in [2.45, 2.75) is 32.8 Å². The molecule has 1 aromatic carbocycles. The van der Waals surface area contributed by atoms with Crippen LogP contribution in [0.25, 0.3) is 0 Å². The van der Waals surface area contributed by atoms with Crippen molar-refractivity contribution in [1.29, 1.82) is 0 Å². The number of ether oxygens (including phenoxy) is 1. The van der Waals surface area contributed by atoms with Crippen LogP contribution in [0.3, 0.4) is 0 Å². The summed E-state index contributed by atoms with van der Waals surface area (Å²) in [5.74, 6) is -0.857. The van der Waals surface area contributed by atoms with Crippen LogP contribution in [0.15, 0.2) is 30.3 Å². The summed E-state index contributed by atoms with van der Waals surface area (Å²) in [5.41, 5.74) is 1.61. The van der Waals surface area contributed by atoms with E-state index in [0.29, 0.717) is 22.2 Å². The third-order valence-corrected chi connectivity index (χ3v) is 4.17. The molecule has 1 unspecified atom stereocenters. The van der Waals surface area contributed by atoms with Gasteiger partial charge in [0.1, 0.15) is 16.0 Å². The molecule has 1 N–H and O–H groups in total. The first-order chi connectivity index (χ1) is 10.0. The molecule has 21 heavy (non-hydrogen) atoms. The van der Waals surface area contributed by atoms with Crippen LogP contribution < -0.4 is 0 Å². The van der Waals surface area contributed by atoms with Gasteiger partial charge in [0.2, 0.25) is 0 Å². The van der Waals surface area contributed by atoms with Gasteiger partial charge >= 0.3 is 5.97 Å². The first kappa shape index (κ1) is 15.7. The molecule has 112 valence electrons. The molecule has 0 radical (unpaired) electrons. The van der Waals surface area contributed by atoms with E-state index < -0.39 is 5.97 Å². The molecular weight excluding hydrogens is 286 g/mol. The Morgan fingerprint density at radius 1 is 1.33 bits per heavy atom. The van der Waals surface area contributed by atoms with E-state index in [-0.39, 0.29) is 12.0 Å². The second kappa shape index (κ2) is 6.83. The zero-order chi connectivity index (χ0) is 15.4. The third-order valence-electron chi connectivity index (χ3n) is 3.07. The molecule has 1 heterocycles. The molecule has 1 aromatic heterocycles. The van der Waals surface area contributed by atoms with Gasteiger partial charge < -0.3 is 9.84 Å². The fraction of sp³-hybridized carbons (Fsp3) is 0.375. The van der Waals surface area contributed by atoms with Crippen molar-refractivity contribution in [2.24, 2.45) is 0 Å². The summed E-state index contributed by atoms with van der Waals surface area (Å²) in [4.78, 5) is 16.2. The van der Waals surface area contributed by atoms with Crippen LogP contribution in [0.2, 0.25) is 0 Å². The van der Waals surface area contributed by atoms with Crippen LogP contribution in [-0.4, -0.2) is 22.7 Å². The molecule has 0 spiro atoms. The minimum atomic E-state index is -0.925. The quantitative estimate of drug-likeness (QED) is 0.873. The summed E-state index contributed by atoms with van der Waals surface area (Å²) in [7, 11) is 0. The average Bonchev–Trinajstić information content (AvgIpc) is 2.91. The molecule has 0 aliphatic rings. The molecule has 0 saturated heterocycles. The van der Waals surface area contributed by atoms with E-state index in [9.17, 15) is 9.90 Å². The maximum Gasteiger partial charge on any atom is 0.347 e. The van der Waals surface area contributed by atoms with E-state index in [1.165, 1.54) is 11.3 Å². The molecule has 1 atom stereocenters. The van der Waals surface area contributed by atoms with Crippen molar-refractivity contribution < 1.29 is 14.6 Å². The fourth-order valence-electron chi connectivity index (χ4n) is 2.11. The van der Waals surface area contributed by atoms with Crippen LogP contribution in [0.1, 0.15) is 58.7 Å². The molecule has 2 aromatic rings. The van der Waals surface area contributed by atoms with Crippen molar-refractivity contribution in [3.05, 3.63) is 51.5 Å². The predicted molar refractivity (Wildman–Crippen MR) is 83.1 cm³/mol. The number of rotatable bonds is 6. The van der Waals surface area contributed by atoms with Gasteiger partial charge in [-0.2, -0.15) is 0 Å². The van der Waals surface area contributed by atoms with Gasteiger partial charge in [-0.1, -0.05) is 44.2 Å². The Labute approximate surface area is 128 Å². The fourth-order valence-corrected chi connectivity index (χ4v) is 3.25. The van der Waals surface area contributed by atoms with Crippen LogP contribution in [0, 0.1) is 0 Å². The van der Waals surface area contributed by atoms with Gasteiger partial charge in [0.05, 0.1) is 5.69 Å². The molecule has 2 rings (SSSR count). The van der Waals surface area contributed by atoms with E-state index in [2.05, 4.69) is 4.98 Å². The molecule has 4 nitrogen and oxygen atoms in total. The van der Waals surface area contributed by atoms with Crippen LogP contribution in [-0.2, 0) is 4.74 Å². The zero-order valence-corrected chi connectivity index (χ0v) is 13.2. The largest absolute Gasteiger partial charge is 0.477 e. The Kier molecular flexibility index (Phi) is 5.09. The topological polar surface area (TPSA) is 59.4 Å². The normalized spacial score (nSPS) is 12.6. The van der Waals surface area contributed by atoms with Crippen LogP contribution >= 0.6 is 11.3 Å². The number of benzene rings is 1. The molecule has 0 aliphatic heterocycles. The van der Waals surface area contributed by atoms with E-state index in [1.807, 2.05) is 51.1 Å². The molecular formula is C16H19NO3S. The monoisotopic (exact) mass is 305 g/mol. The Morgan fingerprint density at radius 2 is 2.00 bits per heavy atom. The highest BCUT2D eigenvalue weighted by molar-refractivity contribution is 7.13. The third kappa shape index (κ3) is 3.49. The van der Waals surface area contributed by atoms with Crippen LogP contribution in [0.4, 0.5) is 0 Å². The van der Waals surface area contributed by atoms with Crippen molar-refractivity contribution in [3.63, 3.8) is 0 Å². The zero-order valence-electron chi connectivity index (χ0n) is 12.4. The Bertz CT molecular complexity index is 607. The van der Waals surface area contributed by atoms with E-state index in [4.69, 9.17) is 4.74 Å². The number of aromatic nitrogens is 1. The maximum absolute atomic E-state index is 11.4. The first-order valence-corrected chi connectivity index (χ1v) is 7.76. The average molecular weight is 305 g/mol. The lowest BCUT2D eigenvalue weighted by molar-refractivity contribution is 0.0700. The summed E-state index contributed by atoms with van der Waals surface area (Å²) >= 11 is 1.20. The standard InChI is InChI=1S/C16H19NO3S/c1-4-20-13(11-8-6-5-7-9-11)15-17-12(10(2)3)14(21-15)16(18)19/h5-10,13H,4H2,1-3H3,(H,18,19). The summed E-state index contributed by atoms with van der Waals surface area (Å²) in [6.45, 7) is 6.36. The number of nitrogens with zero attached hydrogens (tertiary/aromatic N) is 1. The molecule has 0 saturated carbocycles. The highest BCUT2D eigenvalue weighted by atomic mass is 32.1. The Balaban J connectivity index is 2.46. The van der Waals surface area contributed by atoms with E-state index in [1.54, 1.807) is 0 Å². The number of aromatic carboxylic acids is 1. The minimum absolute atomic E-state index is 0.0687. The molecule has 0 amide bonds. The maximum atomic E-state index is 11.4. The van der Waals surface area contributed by atoms with E-state index in [0.717, 1.165) is 5.56 Å². The first-order valence-electron chi connectivity index (χ1n) is 6.95. The van der Waals surface area contributed by atoms with Gasteiger partial charge in [0, 0.05) is 6.61 Å². The number of hydrogen-bond acceptors (Lipinski definition) is 4. The van der Waals surface area contributed by atoms with Crippen molar-refractivity contribution in [2.75, 3.05) is 6.61 Å². The molecule has 0 fully saturated rings. The lowest BCUT2D eigenvalue weighted by Crippen LogP contribution is -2.06. The number of carboxylic acid groups (broad SMARTS) is 1. The lowest BCUT2D eigenvalue weighted by atomic mass is 10.1. The van der Waals surface area contributed by atoms with Crippen molar-refractivity contribution in [1.82, 2.24) is 4.98 Å². The predicted octanol–water partition coefficient (Wildman–Crippen LogP) is 4.09. The minimum Gasteiger partial charge on any atom is -0.477 e. The van der Waals surface area contributed by atoms with Crippen molar-refractivity contribution >= 4 is 17.3 Å². The highest BCUT2D eigenvalue weighted by Gasteiger charge is 2.25. The number of carboxylic acids is 1. The van der Waals surface area contributed by atoms with E-state index >= 15 is 0 Å². The summed E-state index contributed by atoms with van der Waals surface area (Å²) in [6, 6.07) is 9.76. The van der Waals surface area contributed by atoms with Gasteiger partial charge in [-0.15, -0.1) is 11.3 Å². The highest BCUT2D eigenvalue weighted by Crippen LogP contribution is 2.33. The summed E-state index contributed by atoms with van der Waals surface area (Å²) < 4.78 is 5.80. The summed E-state index contributed by atoms with van der Waals surface area (Å²) in [5, 5.41) is 10.0. The van der Waals surface area contributed by atoms with Gasteiger partial charge in [-0.25, -0.2) is 9.78 Å². The Hall–Kier alpha value is -1.72. The second-order valence-corrected chi connectivity index (χ2v) is 6.00. The summed E-state index contributed by atoms with van der Waals surface area (Å²) in [6.07, 6.45) is -0.313. The molecule has 5 heteroatoms. The van der Waals surface area contributed by atoms with Crippen molar-refractivity contribution in [3.8, 4) is 0 Å². The molecule has 0 aliphatic carbocycles. The number of thiazole rings is 1. The molecule has 0 bridgehead atoms. The van der Waals surface area contributed by atoms with Gasteiger partial charge in [0.25, 0.3) is 0 Å². The van der Waals surface area contributed by atoms with Gasteiger partial charge in [0.15, 0.2) is 0 Å². The Morgan fingerprint density at radius 3 is 2.48 bits per heavy atom.